The van der Waals surface area contributed by atoms with Crippen LogP contribution in [0.2, 0.25) is 0 Å². The van der Waals surface area contributed by atoms with E-state index in [0.717, 1.165) is 32.1 Å². The Morgan fingerprint density at radius 2 is 2.00 bits per heavy atom. The second-order valence-electron chi connectivity index (χ2n) is 6.57. The number of rotatable bonds is 11. The van der Waals surface area contributed by atoms with E-state index in [2.05, 4.69) is 17.6 Å². The van der Waals surface area contributed by atoms with Crippen LogP contribution in [0, 0.1) is 11.8 Å². The van der Waals surface area contributed by atoms with Crippen molar-refractivity contribution in [1.82, 2.24) is 5.48 Å². The lowest BCUT2D eigenvalue weighted by molar-refractivity contribution is -0.137. The molecule has 0 radical (unpaired) electrons. The number of carboxylic acid groups (broad SMARTS) is 1. The third kappa shape index (κ3) is 6.32. The van der Waals surface area contributed by atoms with Gasteiger partial charge >= 0.3 is 12.1 Å². The lowest BCUT2D eigenvalue weighted by atomic mass is 9.76. The first-order valence-electron chi connectivity index (χ1n) is 9.18. The van der Waals surface area contributed by atoms with E-state index in [0.29, 0.717) is 37.6 Å². The predicted octanol–water partition coefficient (Wildman–Crippen LogP) is 3.05. The molecule has 4 atom stereocenters. The Bertz CT molecular complexity index is 466. The van der Waals surface area contributed by atoms with Gasteiger partial charge in [-0.1, -0.05) is 12.2 Å². The van der Waals surface area contributed by atoms with Gasteiger partial charge < -0.3 is 14.6 Å². The summed E-state index contributed by atoms with van der Waals surface area (Å²) in [6, 6.07) is 0. The van der Waals surface area contributed by atoms with Crippen molar-refractivity contribution in [2.45, 2.75) is 64.1 Å². The number of fused-ring (bicyclic) bond motifs is 2. The largest absolute Gasteiger partial charge is 0.481 e. The second-order valence-corrected chi connectivity index (χ2v) is 6.57. The summed E-state index contributed by atoms with van der Waals surface area (Å²) >= 11 is 0. The molecule has 2 bridgehead atoms. The predicted molar refractivity (Wildman–Crippen MR) is 90.8 cm³/mol. The third-order valence-corrected chi connectivity index (χ3v) is 4.91. The van der Waals surface area contributed by atoms with Crippen LogP contribution in [-0.4, -0.2) is 42.6 Å². The van der Waals surface area contributed by atoms with Crippen molar-refractivity contribution in [3.05, 3.63) is 12.2 Å². The van der Waals surface area contributed by atoms with Crippen LogP contribution >= 0.6 is 0 Å². The summed E-state index contributed by atoms with van der Waals surface area (Å²) in [5.41, 5.74) is 2.22. The first kappa shape index (κ1) is 19.7. The zero-order valence-corrected chi connectivity index (χ0v) is 14.8. The molecule has 0 aromatic carbocycles. The number of nitrogens with one attached hydrogen (secondary N) is 1. The van der Waals surface area contributed by atoms with E-state index < -0.39 is 12.1 Å². The van der Waals surface area contributed by atoms with Gasteiger partial charge in [0.1, 0.15) is 0 Å². The van der Waals surface area contributed by atoms with Gasteiger partial charge in [-0.15, -0.1) is 0 Å². The van der Waals surface area contributed by atoms with E-state index >= 15 is 0 Å². The van der Waals surface area contributed by atoms with Crippen LogP contribution in [0.4, 0.5) is 4.79 Å². The van der Waals surface area contributed by atoms with Crippen LogP contribution in [0.1, 0.15) is 51.9 Å². The number of carbonyl (C=O) groups excluding carboxylic acids is 1. The molecule has 142 valence electrons. The minimum absolute atomic E-state index is 0.214. The standard InChI is InChI=1S/C18H29NO6/c1-2-24-19-18(22)23-12-11-14-13(15-9-10-16(14)25-15)7-5-3-4-6-8-17(20)21/h3,5,13-16H,2,4,6-12H2,1H3,(H,19,22)(H,20,21)/b5-3-/t13-,14-,15-,16+/m1/s1. The van der Waals surface area contributed by atoms with Gasteiger partial charge in [0.2, 0.25) is 0 Å². The highest BCUT2D eigenvalue weighted by Crippen LogP contribution is 2.46. The topological polar surface area (TPSA) is 94.1 Å². The normalized spacial score (nSPS) is 27.7. The van der Waals surface area contributed by atoms with E-state index in [1.165, 1.54) is 0 Å². The van der Waals surface area contributed by atoms with Gasteiger partial charge in [0.25, 0.3) is 0 Å². The molecule has 7 nitrogen and oxygen atoms in total. The average Bonchev–Trinajstić information content (AvgIpc) is 3.18. The Labute approximate surface area is 148 Å². The van der Waals surface area contributed by atoms with Crippen molar-refractivity contribution < 1.29 is 29.0 Å². The van der Waals surface area contributed by atoms with Crippen molar-refractivity contribution in [1.29, 1.82) is 0 Å². The number of hydrogen-bond donors (Lipinski definition) is 2. The smallest absolute Gasteiger partial charge is 0.431 e. The van der Waals surface area contributed by atoms with Gasteiger partial charge in [0.05, 0.1) is 25.4 Å². The number of amides is 1. The number of carboxylic acids is 1. The molecular formula is C18H29NO6. The molecule has 0 aliphatic carbocycles. The summed E-state index contributed by atoms with van der Waals surface area (Å²) in [6.07, 6.45) is 9.82. The van der Waals surface area contributed by atoms with E-state index in [1.54, 1.807) is 6.92 Å². The molecule has 0 spiro atoms. The molecule has 25 heavy (non-hydrogen) atoms. The lowest BCUT2D eigenvalue weighted by Gasteiger charge is -2.27. The molecule has 2 rings (SSSR count). The third-order valence-electron chi connectivity index (χ3n) is 4.91. The Kier molecular flexibility index (Phi) is 8.21. The Balaban J connectivity index is 1.70. The van der Waals surface area contributed by atoms with Gasteiger partial charge in [-0.3, -0.25) is 9.63 Å². The summed E-state index contributed by atoms with van der Waals surface area (Å²) < 4.78 is 11.2. The van der Waals surface area contributed by atoms with Crippen molar-refractivity contribution >= 4 is 12.1 Å². The van der Waals surface area contributed by atoms with Gasteiger partial charge in [-0.25, -0.2) is 4.79 Å². The van der Waals surface area contributed by atoms with Crippen LogP contribution in [0.5, 0.6) is 0 Å². The van der Waals surface area contributed by atoms with Crippen LogP contribution < -0.4 is 5.48 Å². The Morgan fingerprint density at radius 3 is 2.72 bits per heavy atom. The summed E-state index contributed by atoms with van der Waals surface area (Å²) in [4.78, 5) is 26.7. The molecule has 2 aliphatic heterocycles. The molecule has 0 saturated carbocycles. The van der Waals surface area contributed by atoms with Crippen molar-refractivity contribution in [3.8, 4) is 0 Å². The molecule has 2 N–H and O–H groups in total. The fourth-order valence-corrected chi connectivity index (χ4v) is 3.79. The number of hydroxylamine groups is 1. The maximum atomic E-state index is 11.4. The fourth-order valence-electron chi connectivity index (χ4n) is 3.79. The fraction of sp³-hybridized carbons (Fsp3) is 0.778. The van der Waals surface area contributed by atoms with Gasteiger partial charge in [-0.05, 0) is 57.3 Å². The minimum atomic E-state index is -0.747. The highest BCUT2D eigenvalue weighted by Gasteiger charge is 2.47. The van der Waals surface area contributed by atoms with E-state index in [4.69, 9.17) is 19.4 Å². The van der Waals surface area contributed by atoms with Gasteiger partial charge in [-0.2, -0.15) is 5.48 Å². The van der Waals surface area contributed by atoms with E-state index in [1.807, 2.05) is 0 Å². The van der Waals surface area contributed by atoms with E-state index in [9.17, 15) is 9.59 Å². The molecular weight excluding hydrogens is 326 g/mol. The zero-order valence-electron chi connectivity index (χ0n) is 14.8. The SMILES string of the molecule is CCONC(=O)OCC[C@@H]1[C@@H](C/C=C\CCCC(=O)O)[C@H]2CC[C@@H]1O2. The highest BCUT2D eigenvalue weighted by molar-refractivity contribution is 5.66. The molecule has 1 amide bonds. The van der Waals surface area contributed by atoms with Crippen LogP contribution in [0.3, 0.4) is 0 Å². The molecule has 0 unspecified atom stereocenters. The monoisotopic (exact) mass is 355 g/mol. The highest BCUT2D eigenvalue weighted by atomic mass is 16.7. The number of allylic oxidation sites excluding steroid dienone is 2. The summed E-state index contributed by atoms with van der Waals surface area (Å²) in [5.74, 6) is 0.110. The number of carbonyl (C=O) groups is 2. The van der Waals surface area contributed by atoms with E-state index in [-0.39, 0.29) is 12.5 Å². The van der Waals surface area contributed by atoms with Crippen molar-refractivity contribution in [2.24, 2.45) is 11.8 Å². The molecule has 0 aromatic rings. The first-order chi connectivity index (χ1) is 12.1. The van der Waals surface area contributed by atoms with Crippen molar-refractivity contribution in [3.63, 3.8) is 0 Å². The molecule has 2 fully saturated rings. The zero-order chi connectivity index (χ0) is 18.1. The number of hydrogen-bond acceptors (Lipinski definition) is 5. The first-order valence-corrected chi connectivity index (χ1v) is 9.18. The molecule has 2 saturated heterocycles. The molecule has 2 heterocycles. The number of unbranched alkanes of at least 4 members (excludes halogenated alkanes) is 1. The summed E-state index contributed by atoms with van der Waals surface area (Å²) in [5, 5.41) is 8.63. The van der Waals surface area contributed by atoms with Gasteiger partial charge in [0.15, 0.2) is 0 Å². The minimum Gasteiger partial charge on any atom is -0.481 e. The summed E-state index contributed by atoms with van der Waals surface area (Å²) in [6.45, 7) is 2.54. The molecule has 0 aromatic heterocycles. The molecule has 2 aliphatic rings. The second kappa shape index (κ2) is 10.4. The van der Waals surface area contributed by atoms with Crippen LogP contribution in [-0.2, 0) is 19.1 Å². The Morgan fingerprint density at radius 1 is 1.24 bits per heavy atom. The molecule has 7 heteroatoms. The maximum absolute atomic E-state index is 11.4. The number of ether oxygens (including phenoxy) is 2. The van der Waals surface area contributed by atoms with Crippen LogP contribution in [0.25, 0.3) is 0 Å². The maximum Gasteiger partial charge on any atom is 0.431 e. The van der Waals surface area contributed by atoms with Crippen LogP contribution in [0.15, 0.2) is 12.2 Å². The quantitative estimate of drug-likeness (QED) is 0.336. The van der Waals surface area contributed by atoms with Crippen molar-refractivity contribution in [2.75, 3.05) is 13.2 Å². The summed E-state index contributed by atoms with van der Waals surface area (Å²) in [7, 11) is 0. The number of aliphatic carboxylic acids is 1. The average molecular weight is 355 g/mol. The Hall–Kier alpha value is -1.60. The lowest BCUT2D eigenvalue weighted by Crippen LogP contribution is -2.30. The van der Waals surface area contributed by atoms with Gasteiger partial charge in [0, 0.05) is 6.42 Å².